The smallest absolute Gasteiger partial charge is 0.192 e. The van der Waals surface area contributed by atoms with E-state index >= 15 is 0 Å². The predicted octanol–water partition coefficient (Wildman–Crippen LogP) is 3.34. The van der Waals surface area contributed by atoms with Crippen molar-refractivity contribution in [3.63, 3.8) is 0 Å². The van der Waals surface area contributed by atoms with Gasteiger partial charge in [-0.15, -0.1) is 0 Å². The predicted molar refractivity (Wildman–Crippen MR) is 92.8 cm³/mol. The van der Waals surface area contributed by atoms with Crippen molar-refractivity contribution in [3.05, 3.63) is 70.8 Å². The van der Waals surface area contributed by atoms with Gasteiger partial charge in [-0.1, -0.05) is 17.7 Å². The second kappa shape index (κ2) is 7.00. The molecule has 2 heterocycles. The zero-order valence-corrected chi connectivity index (χ0v) is 14.9. The topological polar surface area (TPSA) is 87.7 Å². The number of benzene rings is 1. The zero-order chi connectivity index (χ0) is 18.9. The molecule has 0 saturated carbocycles. The molecule has 0 amide bonds. The number of nitrogens with zero attached hydrogens (tertiary/aromatic N) is 2. The number of aromatic amines is 1. The number of rotatable bonds is 5. The van der Waals surface area contributed by atoms with E-state index in [2.05, 4.69) is 20.3 Å². The Balaban J connectivity index is 2.04. The highest BCUT2D eigenvalue weighted by molar-refractivity contribution is 7.90. The molecule has 0 aliphatic carbocycles. The Bertz CT molecular complexity index is 1040. The molecule has 0 spiro atoms. The Morgan fingerprint density at radius 1 is 1.15 bits per heavy atom. The molecule has 26 heavy (non-hydrogen) atoms. The maximum Gasteiger partial charge on any atom is 0.192 e. The molecule has 0 bridgehead atoms. The summed E-state index contributed by atoms with van der Waals surface area (Å²) in [6, 6.07) is 5.96. The monoisotopic (exact) mass is 398 g/mol. The minimum absolute atomic E-state index is 0.0698. The molecule has 10 heteroatoms. The Morgan fingerprint density at radius 2 is 1.92 bits per heavy atom. The number of imidazole rings is 1. The van der Waals surface area contributed by atoms with Gasteiger partial charge < -0.3 is 10.3 Å². The lowest BCUT2D eigenvalue weighted by atomic mass is 10.1. The van der Waals surface area contributed by atoms with Gasteiger partial charge in [0, 0.05) is 6.26 Å². The van der Waals surface area contributed by atoms with E-state index in [-0.39, 0.29) is 15.9 Å². The molecule has 0 aliphatic rings. The average molecular weight is 399 g/mol. The molecule has 1 atom stereocenters. The van der Waals surface area contributed by atoms with Crippen LogP contribution in [0.2, 0.25) is 5.02 Å². The molecule has 1 aromatic carbocycles. The van der Waals surface area contributed by atoms with Crippen LogP contribution >= 0.6 is 11.6 Å². The maximum atomic E-state index is 13.5. The minimum atomic E-state index is -3.49. The number of H-pyrrole nitrogens is 1. The number of hydrogen-bond donors (Lipinski definition) is 2. The quantitative estimate of drug-likeness (QED) is 0.688. The number of aromatic nitrogens is 3. The first-order valence-corrected chi connectivity index (χ1v) is 9.59. The molecule has 1 unspecified atom stereocenters. The summed E-state index contributed by atoms with van der Waals surface area (Å²) in [5, 5.41) is 2.83. The van der Waals surface area contributed by atoms with Crippen molar-refractivity contribution in [2.24, 2.45) is 0 Å². The van der Waals surface area contributed by atoms with Crippen molar-refractivity contribution >= 4 is 27.3 Å². The van der Waals surface area contributed by atoms with Gasteiger partial charge in [0.25, 0.3) is 0 Å². The Kier molecular flexibility index (Phi) is 4.92. The number of sulfone groups is 1. The van der Waals surface area contributed by atoms with Crippen molar-refractivity contribution in [1.82, 2.24) is 15.0 Å². The molecule has 0 fully saturated rings. The molecular weight excluding hydrogens is 386 g/mol. The molecule has 2 aromatic heterocycles. The molecule has 0 saturated heterocycles. The lowest BCUT2D eigenvalue weighted by Gasteiger charge is -2.18. The highest BCUT2D eigenvalue weighted by Gasteiger charge is 2.21. The normalized spacial score (nSPS) is 12.8. The summed E-state index contributed by atoms with van der Waals surface area (Å²) < 4.78 is 49.9. The van der Waals surface area contributed by atoms with Gasteiger partial charge in [-0.3, -0.25) is 0 Å². The number of hydrogen-bond acceptors (Lipinski definition) is 5. The number of halogens is 3. The van der Waals surface area contributed by atoms with Crippen LogP contribution in [0.1, 0.15) is 17.4 Å². The van der Waals surface area contributed by atoms with Crippen molar-refractivity contribution < 1.29 is 17.2 Å². The summed E-state index contributed by atoms with van der Waals surface area (Å²) in [5.74, 6) is -0.534. The molecule has 3 aromatic rings. The average Bonchev–Trinajstić information content (AvgIpc) is 3.07. The first-order chi connectivity index (χ1) is 12.2. The van der Waals surface area contributed by atoms with Gasteiger partial charge in [0.1, 0.15) is 29.3 Å². The first-order valence-electron chi connectivity index (χ1n) is 7.32. The fraction of sp³-hybridized carbons (Fsp3) is 0.125. The van der Waals surface area contributed by atoms with Gasteiger partial charge in [0.05, 0.1) is 17.4 Å². The summed E-state index contributed by atoms with van der Waals surface area (Å²) >= 11 is 5.85. The summed E-state index contributed by atoms with van der Waals surface area (Å²) in [4.78, 5) is 10.7. The van der Waals surface area contributed by atoms with E-state index in [1.807, 2.05) is 0 Å². The third-order valence-corrected chi connectivity index (χ3v) is 4.84. The second-order valence-corrected chi connectivity index (χ2v) is 7.91. The van der Waals surface area contributed by atoms with Gasteiger partial charge in [0.2, 0.25) is 0 Å². The van der Waals surface area contributed by atoms with E-state index in [0.29, 0.717) is 11.4 Å². The largest absolute Gasteiger partial charge is 0.356 e. The SMILES string of the molecule is CS(=O)(=O)c1cnc(C(Nc2ccc(F)cn2)c2ccc(F)c(Cl)c2)[nH]1. The van der Waals surface area contributed by atoms with Crippen LogP contribution in [0, 0.1) is 11.6 Å². The standard InChI is InChI=1S/C16H13ClF2N4O2S/c1-26(24,25)14-8-21-16(23-14)15(9-2-4-12(19)11(17)6-9)22-13-5-3-10(18)7-20-13/h2-8,15H,1H3,(H,20,22)(H,21,23). The van der Waals surface area contributed by atoms with Crippen molar-refractivity contribution in [2.75, 3.05) is 11.6 Å². The maximum absolute atomic E-state index is 13.5. The summed E-state index contributed by atoms with van der Waals surface area (Å²) in [6.07, 6.45) is 3.26. The molecule has 0 aliphatic heterocycles. The van der Waals surface area contributed by atoms with Gasteiger partial charge in [0.15, 0.2) is 14.9 Å². The summed E-state index contributed by atoms with van der Waals surface area (Å²) in [7, 11) is -3.49. The Hall–Kier alpha value is -2.52. The summed E-state index contributed by atoms with van der Waals surface area (Å²) in [6.45, 7) is 0. The van der Waals surface area contributed by atoms with Crippen LogP contribution in [-0.2, 0) is 9.84 Å². The lowest BCUT2D eigenvalue weighted by molar-refractivity contribution is 0.598. The highest BCUT2D eigenvalue weighted by Crippen LogP contribution is 2.28. The number of pyridine rings is 1. The van der Waals surface area contributed by atoms with Crippen LogP contribution < -0.4 is 5.32 Å². The zero-order valence-electron chi connectivity index (χ0n) is 13.4. The Labute approximate surface area is 153 Å². The molecule has 136 valence electrons. The molecule has 6 nitrogen and oxygen atoms in total. The van der Waals surface area contributed by atoms with E-state index in [0.717, 1.165) is 12.5 Å². The van der Waals surface area contributed by atoms with Crippen LogP contribution in [-0.4, -0.2) is 29.6 Å². The van der Waals surface area contributed by atoms with Crippen LogP contribution in [0.4, 0.5) is 14.6 Å². The fourth-order valence-corrected chi connectivity index (χ4v) is 2.99. The van der Waals surface area contributed by atoms with Gasteiger partial charge in [-0.05, 0) is 29.8 Å². The van der Waals surface area contributed by atoms with Crippen molar-refractivity contribution in [3.8, 4) is 0 Å². The van der Waals surface area contributed by atoms with Crippen LogP contribution in [0.25, 0.3) is 0 Å². The number of anilines is 1. The molecule has 0 radical (unpaired) electrons. The Morgan fingerprint density at radius 3 is 2.50 bits per heavy atom. The van der Waals surface area contributed by atoms with Gasteiger partial charge in [-0.25, -0.2) is 27.2 Å². The fourth-order valence-electron chi connectivity index (χ4n) is 2.26. The molecule has 2 N–H and O–H groups in total. The van der Waals surface area contributed by atoms with Gasteiger partial charge in [-0.2, -0.15) is 0 Å². The van der Waals surface area contributed by atoms with Crippen LogP contribution in [0.15, 0.2) is 47.8 Å². The second-order valence-electron chi connectivity index (χ2n) is 5.52. The molecule has 3 rings (SSSR count). The van der Waals surface area contributed by atoms with Crippen molar-refractivity contribution in [1.29, 1.82) is 0 Å². The van der Waals surface area contributed by atoms with E-state index in [9.17, 15) is 17.2 Å². The third-order valence-electron chi connectivity index (χ3n) is 3.54. The minimum Gasteiger partial charge on any atom is -0.356 e. The van der Waals surface area contributed by atoms with E-state index in [1.165, 1.54) is 36.5 Å². The first kappa shape index (κ1) is 18.3. The van der Waals surface area contributed by atoms with Crippen molar-refractivity contribution in [2.45, 2.75) is 11.1 Å². The third kappa shape index (κ3) is 4.00. The number of nitrogens with one attached hydrogen (secondary N) is 2. The van der Waals surface area contributed by atoms with E-state index in [4.69, 9.17) is 11.6 Å². The van der Waals surface area contributed by atoms with Crippen LogP contribution in [0.3, 0.4) is 0 Å². The van der Waals surface area contributed by atoms with Crippen LogP contribution in [0.5, 0.6) is 0 Å². The lowest BCUT2D eigenvalue weighted by Crippen LogP contribution is -2.15. The van der Waals surface area contributed by atoms with E-state index in [1.54, 1.807) is 0 Å². The summed E-state index contributed by atoms with van der Waals surface area (Å²) in [5.41, 5.74) is 0.511. The van der Waals surface area contributed by atoms with Gasteiger partial charge >= 0.3 is 0 Å². The van der Waals surface area contributed by atoms with E-state index < -0.39 is 27.5 Å². The highest BCUT2D eigenvalue weighted by atomic mass is 35.5. The molecular formula is C16H13ClF2N4O2S.